The molecule has 1 heterocycles. The molecule has 2 amide bonds. The molecule has 152 valence electrons. The summed E-state index contributed by atoms with van der Waals surface area (Å²) in [6, 6.07) is 5.93. The lowest BCUT2D eigenvalue weighted by molar-refractivity contribution is -0.138. The number of alkyl halides is 3. The minimum Gasteiger partial charge on any atom is -0.409 e. The molecule has 2 rings (SSSR count). The van der Waals surface area contributed by atoms with Gasteiger partial charge in [0.25, 0.3) is 5.91 Å². The number of benzene rings is 1. The minimum absolute atomic E-state index is 0.00657. The van der Waals surface area contributed by atoms with Gasteiger partial charge in [0.2, 0.25) is 10.1 Å². The number of aromatic nitrogens is 2. The van der Waals surface area contributed by atoms with E-state index in [-0.39, 0.29) is 27.8 Å². The van der Waals surface area contributed by atoms with Crippen LogP contribution in [0, 0.1) is 0 Å². The number of unbranched alkanes of at least 4 members (excludes halogenated alkanes) is 2. The normalized spacial score (nSPS) is 11.2. The van der Waals surface area contributed by atoms with E-state index >= 15 is 0 Å². The number of ether oxygens (including phenoxy) is 1. The van der Waals surface area contributed by atoms with E-state index in [0.717, 1.165) is 19.3 Å². The van der Waals surface area contributed by atoms with Crippen molar-refractivity contribution in [2.75, 3.05) is 18.9 Å². The van der Waals surface area contributed by atoms with Gasteiger partial charge >= 0.3 is 12.3 Å². The molecule has 0 atom stereocenters. The third-order valence-corrected chi connectivity index (χ3v) is 4.51. The monoisotopic (exact) mass is 416 g/mol. The Bertz CT molecular complexity index is 826. The summed E-state index contributed by atoms with van der Waals surface area (Å²) in [5.74, 6) is -0.769. The first-order valence-electron chi connectivity index (χ1n) is 8.46. The number of hydrogen-bond acceptors (Lipinski definition) is 6. The number of para-hydroxylation sites is 1. The first-order chi connectivity index (χ1) is 13.2. The van der Waals surface area contributed by atoms with Crippen molar-refractivity contribution >= 4 is 28.5 Å². The van der Waals surface area contributed by atoms with Crippen molar-refractivity contribution in [3.05, 3.63) is 34.8 Å². The zero-order valence-electron chi connectivity index (χ0n) is 15.2. The zero-order valence-corrected chi connectivity index (χ0v) is 16.1. The Kier molecular flexibility index (Phi) is 7.32. The minimum atomic E-state index is -4.64. The fourth-order valence-corrected chi connectivity index (χ4v) is 2.76. The summed E-state index contributed by atoms with van der Waals surface area (Å²) in [4.78, 5) is 26.0. The van der Waals surface area contributed by atoms with Gasteiger partial charge in [-0.25, -0.2) is 4.79 Å². The van der Waals surface area contributed by atoms with E-state index in [2.05, 4.69) is 15.5 Å². The van der Waals surface area contributed by atoms with Crippen molar-refractivity contribution < 1.29 is 27.5 Å². The predicted molar refractivity (Wildman–Crippen MR) is 97.5 cm³/mol. The molecule has 0 spiro atoms. The number of rotatable bonds is 7. The largest absolute Gasteiger partial charge is 0.445 e. The summed E-state index contributed by atoms with van der Waals surface area (Å²) < 4.78 is 43.0. The topological polar surface area (TPSA) is 84.4 Å². The van der Waals surface area contributed by atoms with Crippen LogP contribution < -0.4 is 10.1 Å². The van der Waals surface area contributed by atoms with E-state index in [9.17, 15) is 22.8 Å². The molecular weight excluding hydrogens is 397 g/mol. The Hall–Kier alpha value is -2.69. The van der Waals surface area contributed by atoms with Crippen molar-refractivity contribution in [1.29, 1.82) is 0 Å². The highest BCUT2D eigenvalue weighted by Crippen LogP contribution is 2.33. The molecule has 1 aromatic heterocycles. The summed E-state index contributed by atoms with van der Waals surface area (Å²) in [6.45, 7) is 2.55. The van der Waals surface area contributed by atoms with Crippen LogP contribution in [-0.4, -0.2) is 40.7 Å². The zero-order chi connectivity index (χ0) is 20.7. The Labute approximate surface area is 163 Å². The lowest BCUT2D eigenvalue weighted by atomic mass is 10.2. The van der Waals surface area contributed by atoms with Gasteiger partial charge < -0.3 is 9.64 Å². The molecule has 0 saturated heterocycles. The standard InChI is InChI=1S/C17H19F3N4O3S/c1-3-4-7-10-24(2)16(26)27-12-9-6-5-8-11(12)13(25)21-15-23-22-14(28-15)17(18,19)20/h5-6,8-9H,3-4,7,10H2,1-2H3,(H,21,23,25). The second kappa shape index (κ2) is 9.49. The highest BCUT2D eigenvalue weighted by atomic mass is 32.1. The third-order valence-electron chi connectivity index (χ3n) is 3.63. The van der Waals surface area contributed by atoms with Gasteiger partial charge in [0.05, 0.1) is 5.56 Å². The fourth-order valence-electron chi connectivity index (χ4n) is 2.16. The maximum Gasteiger partial charge on any atom is 0.445 e. The average Bonchev–Trinajstić information content (AvgIpc) is 3.11. The highest BCUT2D eigenvalue weighted by Gasteiger charge is 2.36. The average molecular weight is 416 g/mol. The molecule has 11 heteroatoms. The molecule has 1 N–H and O–H groups in total. The number of halogens is 3. The summed E-state index contributed by atoms with van der Waals surface area (Å²) in [7, 11) is 1.58. The third kappa shape index (κ3) is 5.91. The van der Waals surface area contributed by atoms with Gasteiger partial charge in [-0.2, -0.15) is 13.2 Å². The van der Waals surface area contributed by atoms with Crippen LogP contribution in [0.1, 0.15) is 41.6 Å². The maximum absolute atomic E-state index is 12.6. The van der Waals surface area contributed by atoms with E-state index < -0.39 is 23.2 Å². The Balaban J connectivity index is 2.07. The van der Waals surface area contributed by atoms with Crippen LogP contribution in [0.4, 0.5) is 23.1 Å². The van der Waals surface area contributed by atoms with Crippen LogP contribution in [0.25, 0.3) is 0 Å². The fraction of sp³-hybridized carbons (Fsp3) is 0.412. The van der Waals surface area contributed by atoms with E-state index in [1.807, 2.05) is 6.92 Å². The molecular formula is C17H19F3N4O3S. The van der Waals surface area contributed by atoms with Crippen LogP contribution in [-0.2, 0) is 6.18 Å². The first kappa shape index (κ1) is 21.6. The van der Waals surface area contributed by atoms with E-state index in [4.69, 9.17) is 4.74 Å². The quantitative estimate of drug-likeness (QED) is 0.675. The van der Waals surface area contributed by atoms with Crippen molar-refractivity contribution in [3.63, 3.8) is 0 Å². The lowest BCUT2D eigenvalue weighted by Crippen LogP contribution is -2.31. The molecule has 0 aliphatic rings. The number of anilines is 1. The second-order valence-electron chi connectivity index (χ2n) is 5.86. The van der Waals surface area contributed by atoms with Crippen molar-refractivity contribution in [3.8, 4) is 5.75 Å². The Morgan fingerprint density at radius 2 is 1.93 bits per heavy atom. The molecule has 0 bridgehead atoms. The van der Waals surface area contributed by atoms with Gasteiger partial charge in [-0.05, 0) is 18.6 Å². The lowest BCUT2D eigenvalue weighted by Gasteiger charge is -2.17. The number of amides is 2. The molecule has 0 aliphatic carbocycles. The summed E-state index contributed by atoms with van der Waals surface area (Å²) in [6.07, 6.45) is -2.47. The van der Waals surface area contributed by atoms with Crippen molar-refractivity contribution in [1.82, 2.24) is 15.1 Å². The van der Waals surface area contributed by atoms with E-state index in [0.29, 0.717) is 6.54 Å². The molecule has 0 radical (unpaired) electrons. The summed E-state index contributed by atoms with van der Waals surface area (Å²) >= 11 is 0.204. The van der Waals surface area contributed by atoms with Crippen LogP contribution in [0.5, 0.6) is 5.75 Å². The maximum atomic E-state index is 12.6. The Morgan fingerprint density at radius 3 is 2.57 bits per heavy atom. The van der Waals surface area contributed by atoms with Crippen LogP contribution in [0.3, 0.4) is 0 Å². The van der Waals surface area contributed by atoms with Crippen molar-refractivity contribution in [2.45, 2.75) is 32.4 Å². The molecule has 2 aromatic rings. The first-order valence-corrected chi connectivity index (χ1v) is 9.28. The van der Waals surface area contributed by atoms with Crippen molar-refractivity contribution in [2.24, 2.45) is 0 Å². The highest BCUT2D eigenvalue weighted by molar-refractivity contribution is 7.15. The molecule has 0 aliphatic heterocycles. The number of carbonyl (C=O) groups is 2. The summed E-state index contributed by atoms with van der Waals surface area (Å²) in [5, 5.41) is 7.07. The molecule has 7 nitrogen and oxygen atoms in total. The smallest absolute Gasteiger partial charge is 0.409 e. The Morgan fingerprint density at radius 1 is 1.21 bits per heavy atom. The van der Waals surface area contributed by atoms with Gasteiger partial charge in [0.15, 0.2) is 0 Å². The number of hydrogen-bond donors (Lipinski definition) is 1. The second-order valence-corrected chi connectivity index (χ2v) is 6.83. The van der Waals surface area contributed by atoms with E-state index in [1.54, 1.807) is 19.2 Å². The van der Waals surface area contributed by atoms with Gasteiger partial charge in [-0.3, -0.25) is 10.1 Å². The molecule has 28 heavy (non-hydrogen) atoms. The number of nitrogens with one attached hydrogen (secondary N) is 1. The predicted octanol–water partition coefficient (Wildman–Crippen LogP) is 4.43. The van der Waals surface area contributed by atoms with Gasteiger partial charge in [-0.15, -0.1) is 10.2 Å². The molecule has 0 fully saturated rings. The number of nitrogens with zero attached hydrogens (tertiary/aromatic N) is 3. The van der Waals surface area contributed by atoms with Gasteiger partial charge in [-0.1, -0.05) is 43.2 Å². The molecule has 0 unspecified atom stereocenters. The van der Waals surface area contributed by atoms with Crippen LogP contribution in [0.2, 0.25) is 0 Å². The van der Waals surface area contributed by atoms with Gasteiger partial charge in [0.1, 0.15) is 5.75 Å². The summed E-state index contributed by atoms with van der Waals surface area (Å²) in [5.41, 5.74) is -0.0124. The molecule has 0 saturated carbocycles. The van der Waals surface area contributed by atoms with Crippen LogP contribution >= 0.6 is 11.3 Å². The number of carbonyl (C=O) groups excluding carboxylic acids is 2. The van der Waals surface area contributed by atoms with E-state index in [1.165, 1.54) is 17.0 Å². The van der Waals surface area contributed by atoms with Gasteiger partial charge in [0, 0.05) is 13.6 Å². The molecule has 1 aromatic carbocycles. The van der Waals surface area contributed by atoms with Crippen LogP contribution in [0.15, 0.2) is 24.3 Å². The SMILES string of the molecule is CCCCCN(C)C(=O)Oc1ccccc1C(=O)Nc1nnc(C(F)(F)F)s1.